The van der Waals surface area contributed by atoms with E-state index >= 15 is 0 Å². The highest BCUT2D eigenvalue weighted by atomic mass is 16.5. The zero-order valence-electron chi connectivity index (χ0n) is 17.5. The van der Waals surface area contributed by atoms with Gasteiger partial charge in [0.15, 0.2) is 0 Å². The lowest BCUT2D eigenvalue weighted by atomic mass is 9.77. The number of carbonyl (C=O) groups is 1. The summed E-state index contributed by atoms with van der Waals surface area (Å²) >= 11 is 0. The van der Waals surface area contributed by atoms with Crippen LogP contribution in [-0.2, 0) is 10.2 Å². The van der Waals surface area contributed by atoms with Crippen LogP contribution in [0.25, 0.3) is 0 Å². The summed E-state index contributed by atoms with van der Waals surface area (Å²) in [6.45, 7) is 2.67. The average Bonchev–Trinajstić information content (AvgIpc) is 3.19. The highest BCUT2D eigenvalue weighted by Gasteiger charge is 2.42. The molecule has 1 amide bonds. The number of amides is 1. The number of ether oxygens (including phenoxy) is 1. The zero-order chi connectivity index (χ0) is 20.1. The van der Waals surface area contributed by atoms with Crippen molar-refractivity contribution in [1.29, 1.82) is 0 Å². The number of hydrogen-bond acceptors (Lipinski definition) is 3. The van der Waals surface area contributed by atoms with Gasteiger partial charge in [-0.1, -0.05) is 54.8 Å². The van der Waals surface area contributed by atoms with Crippen molar-refractivity contribution in [2.75, 3.05) is 27.7 Å². The Bertz CT molecular complexity index is 810. The van der Waals surface area contributed by atoms with E-state index in [1.807, 2.05) is 32.3 Å². The van der Waals surface area contributed by atoms with Crippen molar-refractivity contribution in [3.63, 3.8) is 0 Å². The first-order valence-corrected chi connectivity index (χ1v) is 10.1. The molecule has 0 saturated heterocycles. The normalized spacial score (nSPS) is 16.8. The van der Waals surface area contributed by atoms with Crippen LogP contribution in [0.4, 0.5) is 0 Å². The quantitative estimate of drug-likeness (QED) is 0.781. The molecule has 4 heteroatoms. The number of aryl methyl sites for hydroxylation is 1. The largest absolute Gasteiger partial charge is 0.497 e. The molecule has 1 unspecified atom stereocenters. The Hall–Kier alpha value is -2.33. The molecule has 0 aromatic heterocycles. The Labute approximate surface area is 168 Å². The average molecular weight is 381 g/mol. The van der Waals surface area contributed by atoms with E-state index < -0.39 is 5.41 Å². The first-order chi connectivity index (χ1) is 13.5. The van der Waals surface area contributed by atoms with Gasteiger partial charge in [-0.2, -0.15) is 0 Å². The van der Waals surface area contributed by atoms with E-state index in [2.05, 4.69) is 47.5 Å². The lowest BCUT2D eigenvalue weighted by Crippen LogP contribution is -2.45. The maximum Gasteiger partial charge on any atom is 0.230 e. The van der Waals surface area contributed by atoms with Crippen LogP contribution in [0, 0.1) is 6.92 Å². The van der Waals surface area contributed by atoms with Gasteiger partial charge in [-0.3, -0.25) is 4.79 Å². The standard InChI is InChI=1S/C24H32N2O2/c1-18-9-7-11-20(15-18)24(13-5-6-14-24)23(27)25-17-22(26(2)3)19-10-8-12-21(16-19)28-4/h7-12,15-16,22H,5-6,13-14,17H2,1-4H3,(H,25,27). The Morgan fingerprint density at radius 3 is 2.50 bits per heavy atom. The second-order valence-corrected chi connectivity index (χ2v) is 8.12. The number of likely N-dealkylation sites (N-methyl/N-ethyl adjacent to an activating group) is 1. The minimum absolute atomic E-state index is 0.0926. The molecule has 2 aromatic carbocycles. The molecule has 1 N–H and O–H groups in total. The van der Waals surface area contributed by atoms with Crippen molar-refractivity contribution < 1.29 is 9.53 Å². The summed E-state index contributed by atoms with van der Waals surface area (Å²) in [5.74, 6) is 0.994. The molecule has 0 heterocycles. The fraction of sp³-hybridized carbons (Fsp3) is 0.458. The van der Waals surface area contributed by atoms with E-state index in [1.54, 1.807) is 7.11 Å². The summed E-state index contributed by atoms with van der Waals surface area (Å²) in [5.41, 5.74) is 3.11. The van der Waals surface area contributed by atoms with Crippen LogP contribution in [0.15, 0.2) is 48.5 Å². The lowest BCUT2D eigenvalue weighted by Gasteiger charge is -2.31. The highest BCUT2D eigenvalue weighted by Crippen LogP contribution is 2.41. The Balaban J connectivity index is 1.79. The topological polar surface area (TPSA) is 41.6 Å². The SMILES string of the molecule is COc1cccc(C(CNC(=O)C2(c3cccc(C)c3)CCCC2)N(C)C)c1. The van der Waals surface area contributed by atoms with E-state index in [9.17, 15) is 4.79 Å². The van der Waals surface area contributed by atoms with Gasteiger partial charge in [0.1, 0.15) is 5.75 Å². The molecule has 1 fully saturated rings. The van der Waals surface area contributed by atoms with Gasteiger partial charge in [0.05, 0.1) is 18.6 Å². The number of methoxy groups -OCH3 is 1. The van der Waals surface area contributed by atoms with Gasteiger partial charge in [0, 0.05) is 6.54 Å². The first-order valence-electron chi connectivity index (χ1n) is 10.1. The van der Waals surface area contributed by atoms with Crippen LogP contribution in [0.1, 0.15) is 48.4 Å². The number of nitrogens with zero attached hydrogens (tertiary/aromatic N) is 1. The van der Waals surface area contributed by atoms with Crippen LogP contribution < -0.4 is 10.1 Å². The maximum absolute atomic E-state index is 13.4. The molecule has 1 aliphatic carbocycles. The highest BCUT2D eigenvalue weighted by molar-refractivity contribution is 5.88. The van der Waals surface area contributed by atoms with E-state index in [0.29, 0.717) is 6.54 Å². The van der Waals surface area contributed by atoms with Gasteiger partial charge in [0.25, 0.3) is 0 Å². The fourth-order valence-corrected chi connectivity index (χ4v) is 4.37. The number of benzene rings is 2. The molecule has 1 atom stereocenters. The summed E-state index contributed by atoms with van der Waals surface area (Å²) in [6.07, 6.45) is 4.06. The molecule has 150 valence electrons. The molecule has 1 saturated carbocycles. The van der Waals surface area contributed by atoms with Crippen LogP contribution in [0.3, 0.4) is 0 Å². The van der Waals surface area contributed by atoms with Crippen molar-refractivity contribution in [2.24, 2.45) is 0 Å². The summed E-state index contributed by atoms with van der Waals surface area (Å²) in [4.78, 5) is 15.5. The van der Waals surface area contributed by atoms with Crippen molar-refractivity contribution in [2.45, 2.75) is 44.1 Å². The number of nitrogens with one attached hydrogen (secondary N) is 1. The third-order valence-electron chi connectivity index (χ3n) is 6.02. The van der Waals surface area contributed by atoms with Crippen molar-refractivity contribution in [3.8, 4) is 5.75 Å². The number of rotatable bonds is 7. The summed E-state index contributed by atoms with van der Waals surface area (Å²) in [6, 6.07) is 16.6. The minimum atomic E-state index is -0.392. The van der Waals surface area contributed by atoms with Gasteiger partial charge in [0.2, 0.25) is 5.91 Å². The molecule has 0 bridgehead atoms. The van der Waals surface area contributed by atoms with Gasteiger partial charge in [-0.05, 0) is 57.1 Å². The summed E-state index contributed by atoms with van der Waals surface area (Å²) in [7, 11) is 5.77. The summed E-state index contributed by atoms with van der Waals surface area (Å²) < 4.78 is 5.37. The predicted octanol–water partition coefficient (Wildman–Crippen LogP) is 4.23. The molecule has 0 radical (unpaired) electrons. The van der Waals surface area contributed by atoms with Crippen LogP contribution >= 0.6 is 0 Å². The number of carbonyl (C=O) groups excluding carboxylic acids is 1. The monoisotopic (exact) mass is 380 g/mol. The lowest BCUT2D eigenvalue weighted by molar-refractivity contribution is -0.126. The third-order valence-corrected chi connectivity index (χ3v) is 6.02. The van der Waals surface area contributed by atoms with Crippen LogP contribution in [0.2, 0.25) is 0 Å². The Kier molecular flexibility index (Phi) is 6.40. The molecule has 28 heavy (non-hydrogen) atoms. The van der Waals surface area contributed by atoms with Gasteiger partial charge in [-0.25, -0.2) is 0 Å². The zero-order valence-corrected chi connectivity index (χ0v) is 17.5. The van der Waals surface area contributed by atoms with E-state index in [-0.39, 0.29) is 11.9 Å². The second-order valence-electron chi connectivity index (χ2n) is 8.12. The smallest absolute Gasteiger partial charge is 0.230 e. The van der Waals surface area contributed by atoms with Gasteiger partial charge in [-0.15, -0.1) is 0 Å². The fourth-order valence-electron chi connectivity index (χ4n) is 4.37. The van der Waals surface area contributed by atoms with Crippen molar-refractivity contribution in [3.05, 3.63) is 65.2 Å². The van der Waals surface area contributed by atoms with Gasteiger partial charge >= 0.3 is 0 Å². The van der Waals surface area contributed by atoms with E-state index in [4.69, 9.17) is 4.74 Å². The molecule has 1 aliphatic rings. The van der Waals surface area contributed by atoms with Crippen LogP contribution in [-0.4, -0.2) is 38.6 Å². The third kappa shape index (κ3) is 4.22. The molecule has 0 aliphatic heterocycles. The van der Waals surface area contributed by atoms with Crippen molar-refractivity contribution in [1.82, 2.24) is 10.2 Å². The van der Waals surface area contributed by atoms with Gasteiger partial charge < -0.3 is 15.0 Å². The van der Waals surface area contributed by atoms with Crippen molar-refractivity contribution >= 4 is 5.91 Å². The minimum Gasteiger partial charge on any atom is -0.497 e. The second kappa shape index (κ2) is 8.78. The molecule has 3 rings (SSSR count). The first kappa shape index (κ1) is 20.4. The molecular weight excluding hydrogens is 348 g/mol. The maximum atomic E-state index is 13.4. The molecule has 0 spiro atoms. The number of hydrogen-bond donors (Lipinski definition) is 1. The Morgan fingerprint density at radius 2 is 1.86 bits per heavy atom. The van der Waals surface area contributed by atoms with E-state index in [1.165, 1.54) is 5.56 Å². The summed E-state index contributed by atoms with van der Waals surface area (Å²) in [5, 5.41) is 3.28. The molecule has 2 aromatic rings. The van der Waals surface area contributed by atoms with E-state index in [0.717, 1.165) is 42.6 Å². The Morgan fingerprint density at radius 1 is 1.14 bits per heavy atom. The molecular formula is C24H32N2O2. The predicted molar refractivity (Wildman–Crippen MR) is 114 cm³/mol. The molecule has 4 nitrogen and oxygen atoms in total. The van der Waals surface area contributed by atoms with Crippen LogP contribution in [0.5, 0.6) is 5.75 Å².